The van der Waals surface area contributed by atoms with Gasteiger partial charge in [-0.05, 0) is 37.5 Å². The summed E-state index contributed by atoms with van der Waals surface area (Å²) in [6, 6.07) is 4.06. The number of benzene rings is 1. The molecule has 0 saturated carbocycles. The van der Waals surface area contributed by atoms with E-state index in [9.17, 15) is 14.3 Å². The van der Waals surface area contributed by atoms with Gasteiger partial charge >= 0.3 is 0 Å². The zero-order chi connectivity index (χ0) is 22.1. The predicted octanol–water partition coefficient (Wildman–Crippen LogP) is 2.55. The van der Waals surface area contributed by atoms with E-state index in [4.69, 9.17) is 28.9 Å². The third-order valence-corrected chi connectivity index (χ3v) is 6.16. The van der Waals surface area contributed by atoms with E-state index in [1.165, 1.54) is 6.33 Å². The lowest BCUT2D eigenvalue weighted by molar-refractivity contribution is -0.140. The quantitative estimate of drug-likeness (QED) is 0.632. The number of aliphatic hydroxyl groups is 1. The summed E-state index contributed by atoms with van der Waals surface area (Å²) >= 11 is 12.1. The van der Waals surface area contributed by atoms with Gasteiger partial charge in [-0.3, -0.25) is 4.79 Å². The van der Waals surface area contributed by atoms with Crippen molar-refractivity contribution in [2.75, 3.05) is 35.6 Å². The highest BCUT2D eigenvalue weighted by Gasteiger charge is 2.40. The summed E-state index contributed by atoms with van der Waals surface area (Å²) in [5.74, 6) is -0.973. The van der Waals surface area contributed by atoms with Crippen LogP contribution in [0.1, 0.15) is 19.3 Å². The molecule has 0 spiro atoms. The van der Waals surface area contributed by atoms with E-state index in [-0.39, 0.29) is 24.1 Å². The van der Waals surface area contributed by atoms with Crippen molar-refractivity contribution in [2.45, 2.75) is 37.5 Å². The average Bonchev–Trinajstić information content (AvgIpc) is 2.72. The van der Waals surface area contributed by atoms with E-state index < -0.39 is 24.0 Å². The molecule has 31 heavy (non-hydrogen) atoms. The van der Waals surface area contributed by atoms with Crippen LogP contribution in [0.15, 0.2) is 24.5 Å². The second-order valence-electron chi connectivity index (χ2n) is 7.79. The van der Waals surface area contributed by atoms with Crippen LogP contribution >= 0.6 is 23.2 Å². The fourth-order valence-corrected chi connectivity index (χ4v) is 4.74. The SMILES string of the molecule is Nc1ncnc(N2CC[C@H](O)[C@@H](N3CCCC(Nc4cc(Cl)cc(Cl)c4)C3=O)C2)c1F. The van der Waals surface area contributed by atoms with Gasteiger partial charge in [-0.15, -0.1) is 0 Å². The number of aromatic nitrogens is 2. The smallest absolute Gasteiger partial charge is 0.245 e. The van der Waals surface area contributed by atoms with Gasteiger partial charge in [0.15, 0.2) is 11.6 Å². The molecule has 8 nitrogen and oxygen atoms in total. The molecule has 1 aromatic heterocycles. The number of halogens is 3. The lowest BCUT2D eigenvalue weighted by Gasteiger charge is -2.45. The number of likely N-dealkylation sites (tertiary alicyclic amines) is 1. The van der Waals surface area contributed by atoms with Gasteiger partial charge in [0.25, 0.3) is 0 Å². The van der Waals surface area contributed by atoms with Crippen LogP contribution in [0, 0.1) is 5.82 Å². The highest BCUT2D eigenvalue weighted by molar-refractivity contribution is 6.35. The Labute approximate surface area is 189 Å². The first-order valence-electron chi connectivity index (χ1n) is 10.1. The van der Waals surface area contributed by atoms with Gasteiger partial charge in [0.2, 0.25) is 11.7 Å². The van der Waals surface area contributed by atoms with Crippen molar-refractivity contribution in [3.63, 3.8) is 0 Å². The number of carbonyl (C=O) groups excluding carboxylic acids is 1. The number of piperidine rings is 2. The molecule has 4 N–H and O–H groups in total. The lowest BCUT2D eigenvalue weighted by atomic mass is 9.95. The largest absolute Gasteiger partial charge is 0.391 e. The first-order chi connectivity index (χ1) is 14.8. The van der Waals surface area contributed by atoms with Crippen LogP contribution in [0.4, 0.5) is 21.7 Å². The summed E-state index contributed by atoms with van der Waals surface area (Å²) in [6.45, 7) is 1.16. The number of hydrogen-bond acceptors (Lipinski definition) is 7. The zero-order valence-corrected chi connectivity index (χ0v) is 18.2. The summed E-state index contributed by atoms with van der Waals surface area (Å²) in [5.41, 5.74) is 6.23. The molecule has 1 aromatic carbocycles. The number of aliphatic hydroxyl groups excluding tert-OH is 1. The number of nitrogens with two attached hydrogens (primary N) is 1. The van der Waals surface area contributed by atoms with Crippen molar-refractivity contribution in [3.8, 4) is 0 Å². The van der Waals surface area contributed by atoms with Crippen LogP contribution in [0.5, 0.6) is 0 Å². The summed E-state index contributed by atoms with van der Waals surface area (Å²) < 4.78 is 14.4. The fraction of sp³-hybridized carbons (Fsp3) is 0.450. The maximum absolute atomic E-state index is 14.4. The monoisotopic (exact) mass is 468 g/mol. The van der Waals surface area contributed by atoms with Crippen LogP contribution in [0.3, 0.4) is 0 Å². The van der Waals surface area contributed by atoms with Gasteiger partial charge in [-0.25, -0.2) is 9.97 Å². The molecule has 3 atom stereocenters. The molecule has 2 fully saturated rings. The second kappa shape index (κ2) is 9.02. The van der Waals surface area contributed by atoms with Crippen molar-refractivity contribution in [1.29, 1.82) is 0 Å². The van der Waals surface area contributed by atoms with Gasteiger partial charge < -0.3 is 26.0 Å². The summed E-state index contributed by atoms with van der Waals surface area (Å²) in [4.78, 5) is 24.3. The molecule has 166 valence electrons. The van der Waals surface area contributed by atoms with Gasteiger partial charge in [0.05, 0.1) is 12.1 Å². The van der Waals surface area contributed by atoms with Gasteiger partial charge in [-0.2, -0.15) is 4.39 Å². The molecule has 0 aliphatic carbocycles. The minimum absolute atomic E-state index is 0.0807. The van der Waals surface area contributed by atoms with Gasteiger partial charge in [0, 0.05) is 35.4 Å². The zero-order valence-electron chi connectivity index (χ0n) is 16.6. The van der Waals surface area contributed by atoms with Crippen molar-refractivity contribution in [1.82, 2.24) is 14.9 Å². The van der Waals surface area contributed by atoms with Crippen LogP contribution in [0.2, 0.25) is 10.0 Å². The number of nitrogen functional groups attached to an aromatic ring is 1. The Morgan fingerprint density at radius 3 is 2.65 bits per heavy atom. The maximum atomic E-state index is 14.4. The molecule has 2 aliphatic heterocycles. The summed E-state index contributed by atoms with van der Waals surface area (Å²) in [5, 5.41) is 14.8. The van der Waals surface area contributed by atoms with E-state index in [1.54, 1.807) is 28.0 Å². The molecule has 11 heteroatoms. The molecule has 2 aliphatic rings. The maximum Gasteiger partial charge on any atom is 0.245 e. The Kier molecular flexibility index (Phi) is 6.36. The number of carbonyl (C=O) groups is 1. The number of nitrogens with one attached hydrogen (secondary N) is 1. The average molecular weight is 469 g/mol. The molecule has 2 aromatic rings. The minimum atomic E-state index is -0.721. The molecule has 4 rings (SSSR count). The topological polar surface area (TPSA) is 108 Å². The molecular formula is C20H23Cl2FN6O2. The first-order valence-corrected chi connectivity index (χ1v) is 10.8. The highest BCUT2D eigenvalue weighted by atomic mass is 35.5. The molecule has 0 bridgehead atoms. The fourth-order valence-electron chi connectivity index (χ4n) is 4.21. The third kappa shape index (κ3) is 4.63. The van der Waals surface area contributed by atoms with Crippen molar-refractivity contribution in [3.05, 3.63) is 40.4 Å². The van der Waals surface area contributed by atoms with Gasteiger partial charge in [-0.1, -0.05) is 23.2 Å². The van der Waals surface area contributed by atoms with E-state index in [1.807, 2.05) is 0 Å². The molecule has 0 radical (unpaired) electrons. The predicted molar refractivity (Wildman–Crippen MR) is 118 cm³/mol. The number of rotatable bonds is 4. The molecule has 3 heterocycles. The minimum Gasteiger partial charge on any atom is -0.391 e. The van der Waals surface area contributed by atoms with Gasteiger partial charge in [0.1, 0.15) is 12.4 Å². The number of anilines is 3. The van der Waals surface area contributed by atoms with Crippen molar-refractivity contribution in [2.24, 2.45) is 0 Å². The van der Waals surface area contributed by atoms with E-state index in [0.717, 1.165) is 6.42 Å². The van der Waals surface area contributed by atoms with Crippen LogP contribution in [-0.4, -0.2) is 63.7 Å². The van der Waals surface area contributed by atoms with Crippen LogP contribution in [0.25, 0.3) is 0 Å². The first kappa shape index (κ1) is 21.9. The Morgan fingerprint density at radius 1 is 1.16 bits per heavy atom. The van der Waals surface area contributed by atoms with E-state index in [0.29, 0.717) is 41.7 Å². The van der Waals surface area contributed by atoms with E-state index >= 15 is 0 Å². The number of amides is 1. The molecule has 1 amide bonds. The third-order valence-electron chi connectivity index (χ3n) is 5.72. The second-order valence-corrected chi connectivity index (χ2v) is 8.67. The summed E-state index contributed by atoms with van der Waals surface area (Å²) in [6.07, 6.45) is 2.26. The Morgan fingerprint density at radius 2 is 1.90 bits per heavy atom. The molecular weight excluding hydrogens is 446 g/mol. The van der Waals surface area contributed by atoms with Crippen molar-refractivity contribution < 1.29 is 14.3 Å². The van der Waals surface area contributed by atoms with Crippen molar-refractivity contribution >= 4 is 46.4 Å². The number of hydrogen-bond donors (Lipinski definition) is 3. The lowest BCUT2D eigenvalue weighted by Crippen LogP contribution is -2.61. The standard InChI is InChI=1S/C20H23Cl2FN6O2/c21-11-6-12(22)8-13(7-11)27-14-2-1-4-29(20(14)31)15-9-28(5-3-16(15)30)19-17(23)18(24)25-10-26-19/h6-8,10,14-16,27,30H,1-5,9H2,(H2,24,25,26)/t14?,15-,16-/m0/s1. The Bertz CT molecular complexity index is 960. The highest BCUT2D eigenvalue weighted by Crippen LogP contribution is 2.29. The molecule has 2 saturated heterocycles. The Hall–Kier alpha value is -2.36. The van der Waals surface area contributed by atoms with Crippen LogP contribution in [-0.2, 0) is 4.79 Å². The normalized spacial score (nSPS) is 24.4. The Balaban J connectivity index is 1.51. The molecule has 1 unspecified atom stereocenters. The van der Waals surface area contributed by atoms with E-state index in [2.05, 4.69) is 15.3 Å². The number of nitrogens with zero attached hydrogens (tertiary/aromatic N) is 4. The van der Waals surface area contributed by atoms with Crippen LogP contribution < -0.4 is 16.0 Å². The summed E-state index contributed by atoms with van der Waals surface area (Å²) in [7, 11) is 0.